The van der Waals surface area contributed by atoms with Crippen LogP contribution in [0.4, 0.5) is 0 Å². The first-order valence-electron chi connectivity index (χ1n) is 6.37. The van der Waals surface area contributed by atoms with Crippen LogP contribution in [0.2, 0.25) is 5.02 Å². The van der Waals surface area contributed by atoms with Crippen LogP contribution in [0.5, 0.6) is 0 Å². The summed E-state index contributed by atoms with van der Waals surface area (Å²) < 4.78 is 26.7. The molecule has 2 N–H and O–H groups in total. The lowest BCUT2D eigenvalue weighted by molar-refractivity contribution is 0.182. The van der Waals surface area contributed by atoms with Gasteiger partial charge in [0.25, 0.3) is 0 Å². The zero-order valence-electron chi connectivity index (χ0n) is 11.4. The molecule has 0 amide bonds. The van der Waals surface area contributed by atoms with Crippen molar-refractivity contribution in [1.82, 2.24) is 4.72 Å². The lowest BCUT2D eigenvalue weighted by atomic mass is 10.1. The Bertz CT molecular complexity index is 816. The van der Waals surface area contributed by atoms with E-state index in [2.05, 4.69) is 4.72 Å². The molecule has 2 aromatic rings. The Morgan fingerprint density at radius 3 is 2.50 bits per heavy atom. The zero-order valence-corrected chi connectivity index (χ0v) is 13.0. The van der Waals surface area contributed by atoms with Crippen molar-refractivity contribution in [2.45, 2.75) is 11.0 Å². The molecule has 1 atom stereocenters. The van der Waals surface area contributed by atoms with E-state index in [9.17, 15) is 13.5 Å². The van der Waals surface area contributed by atoms with Crippen molar-refractivity contribution in [3.05, 3.63) is 64.7 Å². The van der Waals surface area contributed by atoms with Gasteiger partial charge in [0.2, 0.25) is 10.0 Å². The maximum atomic E-state index is 12.2. The summed E-state index contributed by atoms with van der Waals surface area (Å²) in [5.74, 6) is 0. The minimum atomic E-state index is -3.89. The van der Waals surface area contributed by atoms with Crippen LogP contribution >= 0.6 is 11.6 Å². The first kappa shape index (κ1) is 16.5. The average Bonchev–Trinajstić information content (AvgIpc) is 2.53. The number of aliphatic hydroxyl groups is 1. The van der Waals surface area contributed by atoms with E-state index in [1.807, 2.05) is 6.07 Å². The Morgan fingerprint density at radius 2 is 1.82 bits per heavy atom. The first-order chi connectivity index (χ1) is 10.5. The minimum Gasteiger partial charge on any atom is -0.387 e. The van der Waals surface area contributed by atoms with Crippen molar-refractivity contribution in [2.24, 2.45) is 0 Å². The first-order valence-corrected chi connectivity index (χ1v) is 8.23. The number of hydrogen-bond donors (Lipinski definition) is 2. The van der Waals surface area contributed by atoms with Crippen molar-refractivity contribution in [2.75, 3.05) is 6.54 Å². The smallest absolute Gasteiger partial charge is 0.241 e. The van der Waals surface area contributed by atoms with E-state index in [0.717, 1.165) is 0 Å². The molecule has 2 aromatic carbocycles. The van der Waals surface area contributed by atoms with Crippen LogP contribution in [-0.4, -0.2) is 20.1 Å². The van der Waals surface area contributed by atoms with Gasteiger partial charge in [0.1, 0.15) is 6.07 Å². The van der Waals surface area contributed by atoms with Gasteiger partial charge in [-0.2, -0.15) is 5.26 Å². The van der Waals surface area contributed by atoms with Gasteiger partial charge < -0.3 is 5.11 Å². The number of aliphatic hydroxyl groups excluding tert-OH is 1. The van der Waals surface area contributed by atoms with Crippen LogP contribution in [0.3, 0.4) is 0 Å². The molecule has 0 bridgehead atoms. The van der Waals surface area contributed by atoms with Crippen LogP contribution < -0.4 is 4.72 Å². The lowest BCUT2D eigenvalue weighted by Crippen LogP contribution is -2.29. The van der Waals surface area contributed by atoms with Gasteiger partial charge in [-0.25, -0.2) is 13.1 Å². The summed E-state index contributed by atoms with van der Waals surface area (Å²) in [7, 11) is -3.89. The molecule has 22 heavy (non-hydrogen) atoms. The van der Waals surface area contributed by atoms with Crippen molar-refractivity contribution in [3.8, 4) is 6.07 Å². The number of nitrogens with zero attached hydrogens (tertiary/aromatic N) is 1. The molecule has 0 aliphatic heterocycles. The molecule has 114 valence electrons. The molecule has 0 aliphatic rings. The Labute approximate surface area is 133 Å². The van der Waals surface area contributed by atoms with Crippen molar-refractivity contribution < 1.29 is 13.5 Å². The molecule has 0 aliphatic carbocycles. The van der Waals surface area contributed by atoms with E-state index in [4.69, 9.17) is 16.9 Å². The molecule has 0 aromatic heterocycles. The van der Waals surface area contributed by atoms with Crippen molar-refractivity contribution in [3.63, 3.8) is 0 Å². The number of benzene rings is 2. The zero-order chi connectivity index (χ0) is 16.2. The number of halogens is 1. The number of hydrogen-bond acceptors (Lipinski definition) is 4. The summed E-state index contributed by atoms with van der Waals surface area (Å²) >= 11 is 5.95. The summed E-state index contributed by atoms with van der Waals surface area (Å²) in [6.07, 6.45) is -1.09. The standard InChI is InChI=1S/C15H13ClN2O3S/c16-13-7-3-2-6-12(13)14(19)10-18-22(20,21)15-8-4-1-5-11(15)9-17/h1-8,14,18-19H,10H2. The molecule has 7 heteroatoms. The quantitative estimate of drug-likeness (QED) is 0.876. The lowest BCUT2D eigenvalue weighted by Gasteiger charge is -2.14. The predicted octanol–water partition coefficient (Wildman–Crippen LogP) is 2.22. The Morgan fingerprint density at radius 1 is 1.18 bits per heavy atom. The Hall–Kier alpha value is -1.91. The van der Waals surface area contributed by atoms with Crippen LogP contribution in [0.15, 0.2) is 53.4 Å². The molecule has 0 radical (unpaired) electrons. The molecule has 2 rings (SSSR count). The highest BCUT2D eigenvalue weighted by Gasteiger charge is 2.20. The topological polar surface area (TPSA) is 90.2 Å². The van der Waals surface area contributed by atoms with Crippen LogP contribution in [-0.2, 0) is 10.0 Å². The second-order valence-corrected chi connectivity index (χ2v) is 6.64. The fourth-order valence-electron chi connectivity index (χ4n) is 1.92. The summed E-state index contributed by atoms with van der Waals surface area (Å²) in [6.45, 7) is -0.244. The molecular weight excluding hydrogens is 324 g/mol. The van der Waals surface area contributed by atoms with Gasteiger partial charge >= 0.3 is 0 Å². The van der Waals surface area contributed by atoms with E-state index in [-0.39, 0.29) is 17.0 Å². The van der Waals surface area contributed by atoms with Crippen LogP contribution in [0.25, 0.3) is 0 Å². The summed E-state index contributed by atoms with van der Waals surface area (Å²) in [5.41, 5.74) is 0.475. The third-order valence-electron chi connectivity index (χ3n) is 3.03. The molecular formula is C15H13ClN2O3S. The summed E-state index contributed by atoms with van der Waals surface area (Å²) in [4.78, 5) is -0.121. The highest BCUT2D eigenvalue weighted by atomic mass is 35.5. The SMILES string of the molecule is N#Cc1ccccc1S(=O)(=O)NCC(O)c1ccccc1Cl. The van der Waals surface area contributed by atoms with Gasteiger partial charge in [-0.05, 0) is 18.2 Å². The third-order valence-corrected chi connectivity index (χ3v) is 4.85. The van der Waals surface area contributed by atoms with Gasteiger partial charge in [0.05, 0.1) is 16.6 Å². The van der Waals surface area contributed by atoms with Gasteiger partial charge in [-0.15, -0.1) is 0 Å². The Balaban J connectivity index is 2.17. The number of rotatable bonds is 5. The fourth-order valence-corrected chi connectivity index (χ4v) is 3.37. The second-order valence-electron chi connectivity index (χ2n) is 4.50. The largest absolute Gasteiger partial charge is 0.387 e. The van der Waals surface area contributed by atoms with Crippen molar-refractivity contribution >= 4 is 21.6 Å². The van der Waals surface area contributed by atoms with E-state index in [0.29, 0.717) is 10.6 Å². The number of nitrogens with one attached hydrogen (secondary N) is 1. The van der Waals surface area contributed by atoms with Gasteiger partial charge in [0.15, 0.2) is 0 Å². The molecule has 0 saturated heterocycles. The Kier molecular flexibility index (Phi) is 5.16. The van der Waals surface area contributed by atoms with Crippen LogP contribution in [0, 0.1) is 11.3 Å². The molecule has 5 nitrogen and oxygen atoms in total. The average molecular weight is 337 g/mol. The maximum absolute atomic E-state index is 12.2. The van der Waals surface area contributed by atoms with Crippen molar-refractivity contribution in [1.29, 1.82) is 5.26 Å². The molecule has 0 spiro atoms. The van der Waals surface area contributed by atoms with Crippen LogP contribution in [0.1, 0.15) is 17.2 Å². The molecule has 0 saturated carbocycles. The summed E-state index contributed by atoms with van der Waals surface area (Å²) in [5, 5.41) is 19.4. The summed E-state index contributed by atoms with van der Waals surface area (Å²) in [6, 6.07) is 14.3. The monoisotopic (exact) mass is 336 g/mol. The van der Waals surface area contributed by atoms with Gasteiger partial charge in [-0.1, -0.05) is 41.9 Å². The fraction of sp³-hybridized carbons (Fsp3) is 0.133. The van der Waals surface area contributed by atoms with Gasteiger partial charge in [0, 0.05) is 17.1 Å². The van der Waals surface area contributed by atoms with E-state index in [1.54, 1.807) is 30.3 Å². The highest BCUT2D eigenvalue weighted by Crippen LogP contribution is 2.22. The van der Waals surface area contributed by atoms with E-state index < -0.39 is 16.1 Å². The van der Waals surface area contributed by atoms with E-state index >= 15 is 0 Å². The third kappa shape index (κ3) is 3.64. The maximum Gasteiger partial charge on any atom is 0.241 e. The highest BCUT2D eigenvalue weighted by molar-refractivity contribution is 7.89. The number of nitriles is 1. The molecule has 0 fully saturated rings. The van der Waals surface area contributed by atoms with Gasteiger partial charge in [-0.3, -0.25) is 0 Å². The predicted molar refractivity (Wildman–Crippen MR) is 82.8 cm³/mol. The number of sulfonamides is 1. The minimum absolute atomic E-state index is 0.0437. The molecule has 1 unspecified atom stereocenters. The normalized spacial score (nSPS) is 12.6. The van der Waals surface area contributed by atoms with E-state index in [1.165, 1.54) is 18.2 Å². The molecule has 0 heterocycles. The second kappa shape index (κ2) is 6.90.